The summed E-state index contributed by atoms with van der Waals surface area (Å²) in [6.07, 6.45) is 0. The highest BCUT2D eigenvalue weighted by Crippen LogP contribution is 2.32. The molecule has 2 aliphatic heterocycles. The maximum Gasteiger partial charge on any atom is 0.311 e. The van der Waals surface area contributed by atoms with E-state index in [1.54, 1.807) is 12.0 Å². The van der Waals surface area contributed by atoms with Gasteiger partial charge in [0.15, 0.2) is 11.5 Å². The number of piperazine rings is 1. The first-order chi connectivity index (χ1) is 14.6. The van der Waals surface area contributed by atoms with Crippen LogP contribution < -0.4 is 19.5 Å². The van der Waals surface area contributed by atoms with Crippen molar-refractivity contribution in [2.24, 2.45) is 0 Å². The van der Waals surface area contributed by atoms with E-state index in [4.69, 9.17) is 14.2 Å². The lowest BCUT2D eigenvalue weighted by molar-refractivity contribution is -0.147. The Hall–Kier alpha value is -3.26. The summed E-state index contributed by atoms with van der Waals surface area (Å²) in [4.78, 5) is 28.6. The Morgan fingerprint density at radius 2 is 1.67 bits per heavy atom. The molecule has 2 aliphatic rings. The minimum absolute atomic E-state index is 0.264. The molecule has 4 rings (SSSR count). The predicted molar refractivity (Wildman–Crippen MR) is 109 cm³/mol. The summed E-state index contributed by atoms with van der Waals surface area (Å²) in [5.74, 6) is 1.24. The number of nitrogens with one attached hydrogen (secondary N) is 1. The van der Waals surface area contributed by atoms with Crippen molar-refractivity contribution in [2.45, 2.75) is 13.1 Å². The number of carbonyl (C=O) groups is 2. The number of fused-ring (bicyclic) bond motifs is 1. The van der Waals surface area contributed by atoms with Crippen LogP contribution in [0.5, 0.6) is 17.2 Å². The van der Waals surface area contributed by atoms with E-state index >= 15 is 0 Å². The molecule has 158 valence electrons. The van der Waals surface area contributed by atoms with Gasteiger partial charge in [-0.25, -0.2) is 0 Å². The fourth-order valence-corrected chi connectivity index (χ4v) is 3.55. The second-order valence-corrected chi connectivity index (χ2v) is 7.29. The fourth-order valence-electron chi connectivity index (χ4n) is 3.55. The van der Waals surface area contributed by atoms with Gasteiger partial charge >= 0.3 is 11.8 Å². The molecular formula is C22H25N3O5. The summed E-state index contributed by atoms with van der Waals surface area (Å²) < 4.78 is 15.9. The van der Waals surface area contributed by atoms with E-state index in [-0.39, 0.29) is 6.79 Å². The quantitative estimate of drug-likeness (QED) is 0.749. The molecular weight excluding hydrogens is 386 g/mol. The summed E-state index contributed by atoms with van der Waals surface area (Å²) >= 11 is 0. The van der Waals surface area contributed by atoms with Crippen molar-refractivity contribution < 1.29 is 23.8 Å². The minimum Gasteiger partial charge on any atom is -0.497 e. The minimum atomic E-state index is -0.574. The van der Waals surface area contributed by atoms with Crippen LogP contribution in [-0.4, -0.2) is 61.7 Å². The number of ether oxygens (including phenoxy) is 3. The van der Waals surface area contributed by atoms with Crippen LogP contribution in [0.1, 0.15) is 11.1 Å². The number of hydrogen-bond donors (Lipinski definition) is 1. The Kier molecular flexibility index (Phi) is 6.04. The molecule has 0 aromatic heterocycles. The van der Waals surface area contributed by atoms with Crippen LogP contribution >= 0.6 is 0 Å². The third-order valence-electron chi connectivity index (χ3n) is 5.31. The molecule has 0 spiro atoms. The van der Waals surface area contributed by atoms with Gasteiger partial charge in [-0.1, -0.05) is 18.2 Å². The summed E-state index contributed by atoms with van der Waals surface area (Å²) in [5, 5.41) is 2.70. The molecule has 8 nitrogen and oxygen atoms in total. The second kappa shape index (κ2) is 9.04. The van der Waals surface area contributed by atoms with Gasteiger partial charge < -0.3 is 24.4 Å². The molecule has 0 bridgehead atoms. The van der Waals surface area contributed by atoms with Crippen molar-refractivity contribution in [3.8, 4) is 17.2 Å². The maximum atomic E-state index is 12.5. The monoisotopic (exact) mass is 411 g/mol. The lowest BCUT2D eigenvalue weighted by Gasteiger charge is -2.34. The zero-order valence-electron chi connectivity index (χ0n) is 16.9. The number of nitrogens with zero attached hydrogens (tertiary/aromatic N) is 2. The molecule has 2 heterocycles. The predicted octanol–water partition coefficient (Wildman–Crippen LogP) is 1.38. The van der Waals surface area contributed by atoms with Gasteiger partial charge in [0.2, 0.25) is 6.79 Å². The largest absolute Gasteiger partial charge is 0.497 e. The summed E-state index contributed by atoms with van der Waals surface area (Å²) in [5.41, 5.74) is 2.04. The van der Waals surface area contributed by atoms with Crippen LogP contribution in [0.4, 0.5) is 0 Å². The van der Waals surface area contributed by atoms with Gasteiger partial charge in [-0.3, -0.25) is 14.5 Å². The molecule has 30 heavy (non-hydrogen) atoms. The number of benzene rings is 2. The number of amides is 2. The van der Waals surface area contributed by atoms with Gasteiger partial charge in [-0.15, -0.1) is 0 Å². The van der Waals surface area contributed by atoms with Crippen LogP contribution in [-0.2, 0) is 22.7 Å². The smallest absolute Gasteiger partial charge is 0.311 e. The van der Waals surface area contributed by atoms with Gasteiger partial charge in [-0.05, 0) is 35.4 Å². The average Bonchev–Trinajstić information content (AvgIpc) is 3.26. The molecule has 1 N–H and O–H groups in total. The van der Waals surface area contributed by atoms with Crippen LogP contribution in [0.15, 0.2) is 42.5 Å². The third kappa shape index (κ3) is 4.65. The molecule has 0 unspecified atom stereocenters. The highest BCUT2D eigenvalue weighted by molar-refractivity contribution is 6.35. The lowest BCUT2D eigenvalue weighted by Crippen LogP contribution is -2.52. The summed E-state index contributed by atoms with van der Waals surface area (Å²) in [7, 11) is 1.60. The Labute approximate surface area is 175 Å². The van der Waals surface area contributed by atoms with E-state index in [1.807, 2.05) is 42.5 Å². The standard InChI is InChI=1S/C22H25N3O5/c1-28-18-5-2-16(3-6-18)13-23-21(26)22(27)25-10-8-24(9-11-25)14-17-4-7-19-20(12-17)30-15-29-19/h2-7,12H,8-11,13-15H2,1H3,(H,23,26). The van der Waals surface area contributed by atoms with Crippen molar-refractivity contribution in [2.75, 3.05) is 40.1 Å². The first kappa shape index (κ1) is 20.0. The van der Waals surface area contributed by atoms with Crippen molar-refractivity contribution in [1.29, 1.82) is 0 Å². The molecule has 0 atom stereocenters. The average molecular weight is 411 g/mol. The molecule has 1 fully saturated rings. The van der Waals surface area contributed by atoms with Gasteiger partial charge in [0, 0.05) is 39.3 Å². The van der Waals surface area contributed by atoms with Crippen molar-refractivity contribution in [3.05, 3.63) is 53.6 Å². The first-order valence-electron chi connectivity index (χ1n) is 9.93. The maximum absolute atomic E-state index is 12.5. The van der Waals surface area contributed by atoms with Crippen molar-refractivity contribution in [3.63, 3.8) is 0 Å². The summed E-state index contributed by atoms with van der Waals surface area (Å²) in [6.45, 7) is 3.82. The van der Waals surface area contributed by atoms with E-state index < -0.39 is 11.8 Å². The molecule has 8 heteroatoms. The Bertz CT molecular complexity index is 907. The van der Waals surface area contributed by atoms with E-state index in [0.717, 1.165) is 34.9 Å². The number of methoxy groups -OCH3 is 1. The Morgan fingerprint density at radius 3 is 2.40 bits per heavy atom. The molecule has 0 aliphatic carbocycles. The van der Waals surface area contributed by atoms with Gasteiger partial charge in [0.05, 0.1) is 7.11 Å². The van der Waals surface area contributed by atoms with E-state index in [9.17, 15) is 9.59 Å². The molecule has 2 aromatic rings. The molecule has 0 radical (unpaired) electrons. The van der Waals surface area contributed by atoms with Gasteiger partial charge in [0.1, 0.15) is 5.75 Å². The van der Waals surface area contributed by atoms with Crippen LogP contribution in [0.2, 0.25) is 0 Å². The summed E-state index contributed by atoms with van der Waals surface area (Å²) in [6, 6.07) is 13.3. The van der Waals surface area contributed by atoms with Crippen molar-refractivity contribution >= 4 is 11.8 Å². The van der Waals surface area contributed by atoms with E-state index in [1.165, 1.54) is 0 Å². The molecule has 2 amide bonds. The van der Waals surface area contributed by atoms with E-state index in [0.29, 0.717) is 32.7 Å². The first-order valence-corrected chi connectivity index (χ1v) is 9.93. The highest BCUT2D eigenvalue weighted by atomic mass is 16.7. The number of rotatable bonds is 5. The van der Waals surface area contributed by atoms with Gasteiger partial charge in [-0.2, -0.15) is 0 Å². The van der Waals surface area contributed by atoms with E-state index in [2.05, 4.69) is 10.2 Å². The normalized spacial score (nSPS) is 15.7. The molecule has 0 saturated carbocycles. The SMILES string of the molecule is COc1ccc(CNC(=O)C(=O)N2CCN(Cc3ccc4c(c3)OCO4)CC2)cc1. The Morgan fingerprint density at radius 1 is 0.967 bits per heavy atom. The van der Waals surface area contributed by atoms with Crippen LogP contribution in [0.25, 0.3) is 0 Å². The van der Waals surface area contributed by atoms with Gasteiger partial charge in [0.25, 0.3) is 0 Å². The zero-order valence-corrected chi connectivity index (χ0v) is 16.9. The highest BCUT2D eigenvalue weighted by Gasteiger charge is 2.26. The lowest BCUT2D eigenvalue weighted by atomic mass is 10.1. The number of carbonyl (C=O) groups excluding carboxylic acids is 2. The molecule has 2 aromatic carbocycles. The van der Waals surface area contributed by atoms with Crippen molar-refractivity contribution in [1.82, 2.24) is 15.1 Å². The Balaban J connectivity index is 1.22. The fraction of sp³-hybridized carbons (Fsp3) is 0.364. The van der Waals surface area contributed by atoms with Crippen LogP contribution in [0.3, 0.4) is 0 Å². The zero-order chi connectivity index (χ0) is 20.9. The molecule has 1 saturated heterocycles. The number of hydrogen-bond acceptors (Lipinski definition) is 6. The topological polar surface area (TPSA) is 80.3 Å². The third-order valence-corrected chi connectivity index (χ3v) is 5.31. The van der Waals surface area contributed by atoms with Crippen LogP contribution in [0, 0.1) is 0 Å². The second-order valence-electron chi connectivity index (χ2n) is 7.29.